The first-order valence-electron chi connectivity index (χ1n) is 6.16. The quantitative estimate of drug-likeness (QED) is 0.794. The van der Waals surface area contributed by atoms with Gasteiger partial charge in [-0.25, -0.2) is 4.98 Å². The highest BCUT2D eigenvalue weighted by atomic mass is 35.5. The highest BCUT2D eigenvalue weighted by molar-refractivity contribution is 6.33. The van der Waals surface area contributed by atoms with Crippen LogP contribution in [0.2, 0.25) is 5.02 Å². The van der Waals surface area contributed by atoms with Crippen LogP contribution in [0.25, 0.3) is 5.65 Å². The zero-order valence-electron chi connectivity index (χ0n) is 10.9. The summed E-state index contributed by atoms with van der Waals surface area (Å²) in [5, 5.41) is 0.726. The Balaban J connectivity index is 2.67. The predicted molar refractivity (Wildman–Crippen MR) is 72.8 cm³/mol. The molecule has 0 radical (unpaired) electrons. The molecular weight excluding hydrogens is 232 g/mol. The Hall–Kier alpha value is -1.02. The van der Waals surface area contributed by atoms with Crippen molar-refractivity contribution < 1.29 is 0 Å². The maximum absolute atomic E-state index is 6.20. The van der Waals surface area contributed by atoms with Gasteiger partial charge in [-0.15, -0.1) is 0 Å². The Labute approximate surface area is 108 Å². The lowest BCUT2D eigenvalue weighted by Crippen LogP contribution is -2.03. The maximum Gasteiger partial charge on any atom is 0.156 e. The fourth-order valence-electron chi connectivity index (χ4n) is 2.15. The molecule has 0 N–H and O–H groups in total. The minimum absolute atomic E-state index is 0.430. The van der Waals surface area contributed by atoms with E-state index in [-0.39, 0.29) is 0 Å². The first-order chi connectivity index (χ1) is 8.00. The predicted octanol–water partition coefficient (Wildman–Crippen LogP) is 4.31. The Bertz CT molecular complexity index is 526. The molecule has 0 aliphatic rings. The third-order valence-corrected chi connectivity index (χ3v) is 3.18. The summed E-state index contributed by atoms with van der Waals surface area (Å²) in [6.07, 6.45) is 3.09. The number of halogens is 1. The van der Waals surface area contributed by atoms with Gasteiger partial charge < -0.3 is 4.40 Å². The van der Waals surface area contributed by atoms with Gasteiger partial charge in [0.1, 0.15) is 0 Å². The average Bonchev–Trinajstić information content (AvgIpc) is 2.58. The molecule has 0 bridgehead atoms. The standard InChI is InChI=1S/C14H19ClN2/c1-9(2)8-12-13(10(3)4)16-14-11(15)6-5-7-17(12)14/h5-7,9-10H,8H2,1-4H3. The SMILES string of the molecule is CC(C)Cc1c(C(C)C)nc2c(Cl)cccn12. The van der Waals surface area contributed by atoms with E-state index < -0.39 is 0 Å². The van der Waals surface area contributed by atoms with Gasteiger partial charge in [-0.3, -0.25) is 0 Å². The van der Waals surface area contributed by atoms with Gasteiger partial charge in [0, 0.05) is 11.9 Å². The molecule has 0 aromatic carbocycles. The van der Waals surface area contributed by atoms with Crippen molar-refractivity contribution in [3.05, 3.63) is 34.7 Å². The molecule has 2 rings (SSSR count). The van der Waals surface area contributed by atoms with E-state index in [1.54, 1.807) is 0 Å². The van der Waals surface area contributed by atoms with Crippen LogP contribution < -0.4 is 0 Å². The van der Waals surface area contributed by atoms with E-state index in [4.69, 9.17) is 16.6 Å². The van der Waals surface area contributed by atoms with Crippen molar-refractivity contribution in [2.75, 3.05) is 0 Å². The highest BCUT2D eigenvalue weighted by Crippen LogP contribution is 2.26. The van der Waals surface area contributed by atoms with Crippen LogP contribution >= 0.6 is 11.6 Å². The molecule has 3 heteroatoms. The summed E-state index contributed by atoms with van der Waals surface area (Å²) in [4.78, 5) is 4.70. The summed E-state index contributed by atoms with van der Waals surface area (Å²) in [6.45, 7) is 8.82. The van der Waals surface area contributed by atoms with Crippen LogP contribution in [0.4, 0.5) is 0 Å². The maximum atomic E-state index is 6.20. The molecule has 0 aliphatic heterocycles. The third-order valence-electron chi connectivity index (χ3n) is 2.88. The zero-order valence-corrected chi connectivity index (χ0v) is 11.6. The van der Waals surface area contributed by atoms with E-state index in [1.165, 1.54) is 11.4 Å². The number of aromatic nitrogens is 2. The molecular formula is C14H19ClN2. The monoisotopic (exact) mass is 250 g/mol. The highest BCUT2D eigenvalue weighted by Gasteiger charge is 2.17. The molecule has 0 atom stereocenters. The topological polar surface area (TPSA) is 17.3 Å². The van der Waals surface area contributed by atoms with Crippen LogP contribution in [-0.4, -0.2) is 9.38 Å². The van der Waals surface area contributed by atoms with Gasteiger partial charge in [0.25, 0.3) is 0 Å². The van der Waals surface area contributed by atoms with Gasteiger partial charge in [-0.05, 0) is 30.4 Å². The summed E-state index contributed by atoms with van der Waals surface area (Å²) in [5.41, 5.74) is 3.35. The molecule has 0 spiro atoms. The van der Waals surface area contributed by atoms with E-state index in [0.717, 1.165) is 17.1 Å². The summed E-state index contributed by atoms with van der Waals surface area (Å²) in [6, 6.07) is 3.87. The lowest BCUT2D eigenvalue weighted by atomic mass is 10.0. The number of hydrogen-bond acceptors (Lipinski definition) is 1. The fraction of sp³-hybridized carbons (Fsp3) is 0.500. The fourth-order valence-corrected chi connectivity index (χ4v) is 2.36. The van der Waals surface area contributed by atoms with Gasteiger partial charge in [-0.2, -0.15) is 0 Å². The smallest absolute Gasteiger partial charge is 0.156 e. The molecule has 0 unspecified atom stereocenters. The van der Waals surface area contributed by atoms with Crippen LogP contribution in [0.3, 0.4) is 0 Å². The van der Waals surface area contributed by atoms with Crippen LogP contribution in [0.5, 0.6) is 0 Å². The van der Waals surface area contributed by atoms with Gasteiger partial charge >= 0.3 is 0 Å². The Morgan fingerprint density at radius 2 is 2.00 bits per heavy atom. The summed E-state index contributed by atoms with van der Waals surface area (Å²) >= 11 is 6.20. The van der Waals surface area contributed by atoms with Crippen LogP contribution in [-0.2, 0) is 6.42 Å². The third kappa shape index (κ3) is 2.32. The number of nitrogens with zero attached hydrogens (tertiary/aromatic N) is 2. The van der Waals surface area contributed by atoms with Crippen LogP contribution in [0.1, 0.15) is 45.0 Å². The normalized spacial score (nSPS) is 11.9. The molecule has 92 valence electrons. The van der Waals surface area contributed by atoms with Crippen molar-refractivity contribution in [2.45, 2.75) is 40.0 Å². The van der Waals surface area contributed by atoms with E-state index in [2.05, 4.69) is 38.3 Å². The Morgan fingerprint density at radius 3 is 2.59 bits per heavy atom. The summed E-state index contributed by atoms with van der Waals surface area (Å²) in [5.74, 6) is 1.05. The van der Waals surface area contributed by atoms with Gasteiger partial charge in [-0.1, -0.05) is 39.3 Å². The second kappa shape index (κ2) is 4.69. The van der Waals surface area contributed by atoms with Crippen molar-refractivity contribution in [2.24, 2.45) is 5.92 Å². The van der Waals surface area contributed by atoms with Crippen molar-refractivity contribution in [1.29, 1.82) is 0 Å². The molecule has 2 heterocycles. The van der Waals surface area contributed by atoms with Gasteiger partial charge in [0.05, 0.1) is 10.7 Å². The number of pyridine rings is 1. The molecule has 0 aliphatic carbocycles. The van der Waals surface area contributed by atoms with Crippen molar-refractivity contribution in [1.82, 2.24) is 9.38 Å². The molecule has 0 saturated heterocycles. The van der Waals surface area contributed by atoms with E-state index in [9.17, 15) is 0 Å². The first-order valence-corrected chi connectivity index (χ1v) is 6.53. The first kappa shape index (κ1) is 12.4. The molecule has 0 fully saturated rings. The van der Waals surface area contributed by atoms with E-state index in [0.29, 0.717) is 11.8 Å². The zero-order chi connectivity index (χ0) is 12.6. The van der Waals surface area contributed by atoms with Gasteiger partial charge in [0.15, 0.2) is 5.65 Å². The minimum atomic E-state index is 0.430. The van der Waals surface area contributed by atoms with Gasteiger partial charge in [0.2, 0.25) is 0 Å². The number of fused-ring (bicyclic) bond motifs is 1. The molecule has 2 aromatic heterocycles. The number of hydrogen-bond donors (Lipinski definition) is 0. The summed E-state index contributed by atoms with van der Waals surface area (Å²) in [7, 11) is 0. The number of rotatable bonds is 3. The van der Waals surface area contributed by atoms with Crippen molar-refractivity contribution in [3.63, 3.8) is 0 Å². The van der Waals surface area contributed by atoms with Crippen LogP contribution in [0, 0.1) is 5.92 Å². The van der Waals surface area contributed by atoms with Crippen LogP contribution in [0.15, 0.2) is 18.3 Å². The van der Waals surface area contributed by atoms with E-state index >= 15 is 0 Å². The van der Waals surface area contributed by atoms with E-state index in [1.807, 2.05) is 12.1 Å². The van der Waals surface area contributed by atoms with Crippen molar-refractivity contribution in [3.8, 4) is 0 Å². The average molecular weight is 251 g/mol. The minimum Gasteiger partial charge on any atom is -0.303 e. The second-order valence-electron chi connectivity index (χ2n) is 5.25. The lowest BCUT2D eigenvalue weighted by molar-refractivity contribution is 0.621. The molecule has 17 heavy (non-hydrogen) atoms. The Kier molecular flexibility index (Phi) is 3.43. The Morgan fingerprint density at radius 1 is 1.29 bits per heavy atom. The number of imidazole rings is 1. The van der Waals surface area contributed by atoms with Crippen molar-refractivity contribution >= 4 is 17.2 Å². The lowest BCUT2D eigenvalue weighted by Gasteiger charge is -2.09. The molecule has 2 nitrogen and oxygen atoms in total. The molecule has 0 amide bonds. The molecule has 0 saturated carbocycles. The molecule has 2 aromatic rings. The second-order valence-corrected chi connectivity index (χ2v) is 5.65. The largest absolute Gasteiger partial charge is 0.303 e. The summed E-state index contributed by atoms with van der Waals surface area (Å²) < 4.78 is 2.14.